The molecule has 3 rings (SSSR count). The topological polar surface area (TPSA) is 36.8 Å². The van der Waals surface area contributed by atoms with Crippen molar-refractivity contribution in [3.05, 3.63) is 57.0 Å². The van der Waals surface area contributed by atoms with Crippen molar-refractivity contribution in [2.45, 2.75) is 6.92 Å². The molecule has 0 atom stereocenters. The molecule has 138 valence electrons. The van der Waals surface area contributed by atoms with Gasteiger partial charge in [0.25, 0.3) is 5.91 Å². The van der Waals surface area contributed by atoms with Crippen molar-refractivity contribution in [2.24, 2.45) is 0 Å². The Balaban J connectivity index is 1.69. The predicted molar refractivity (Wildman–Crippen MR) is 109 cm³/mol. The molecule has 7 heteroatoms. The number of piperazine rings is 1. The van der Waals surface area contributed by atoms with Gasteiger partial charge in [0.15, 0.2) is 0 Å². The van der Waals surface area contributed by atoms with Crippen LogP contribution in [0.5, 0.6) is 0 Å². The number of benzene rings is 2. The molecule has 1 heterocycles. The molecule has 1 fully saturated rings. The van der Waals surface area contributed by atoms with E-state index in [1.165, 1.54) is 0 Å². The van der Waals surface area contributed by atoms with Gasteiger partial charge >= 0.3 is 0 Å². The van der Waals surface area contributed by atoms with Crippen molar-refractivity contribution in [2.75, 3.05) is 42.9 Å². The van der Waals surface area contributed by atoms with E-state index in [4.69, 9.17) is 34.8 Å². The van der Waals surface area contributed by atoms with E-state index in [1.54, 1.807) is 29.2 Å². The zero-order valence-electron chi connectivity index (χ0n) is 14.5. The van der Waals surface area contributed by atoms with Crippen LogP contribution in [0.15, 0.2) is 36.4 Å². The maximum absolute atomic E-state index is 12.4. The van der Waals surface area contributed by atoms with Crippen molar-refractivity contribution in [3.8, 4) is 0 Å². The Morgan fingerprint density at radius 1 is 1.04 bits per heavy atom. The number of carbonyl (C=O) groups is 1. The Morgan fingerprint density at radius 2 is 1.77 bits per heavy atom. The summed E-state index contributed by atoms with van der Waals surface area (Å²) in [5, 5.41) is 4.25. The smallest absolute Gasteiger partial charge is 0.255 e. The summed E-state index contributed by atoms with van der Waals surface area (Å²) < 4.78 is 0. The van der Waals surface area contributed by atoms with E-state index in [-0.39, 0.29) is 5.91 Å². The molecule has 1 aliphatic rings. The fraction of sp³-hybridized carbons (Fsp3) is 0.316. The molecule has 2 aromatic carbocycles. The van der Waals surface area contributed by atoms with Gasteiger partial charge in [0.05, 0.1) is 53.5 Å². The van der Waals surface area contributed by atoms with Crippen LogP contribution >= 0.6 is 34.8 Å². The van der Waals surface area contributed by atoms with Crippen molar-refractivity contribution in [1.29, 1.82) is 0 Å². The second kappa shape index (κ2) is 8.49. The summed E-state index contributed by atoms with van der Waals surface area (Å²) in [6.45, 7) is 7.56. The number of quaternary nitrogens is 1. The number of nitrogens with zero attached hydrogens (tertiary/aromatic N) is 1. The van der Waals surface area contributed by atoms with Gasteiger partial charge in [-0.1, -0.05) is 34.8 Å². The van der Waals surface area contributed by atoms with Crippen LogP contribution in [0.4, 0.5) is 11.4 Å². The second-order valence-electron chi connectivity index (χ2n) is 6.34. The van der Waals surface area contributed by atoms with Crippen molar-refractivity contribution in [3.63, 3.8) is 0 Å². The van der Waals surface area contributed by atoms with Gasteiger partial charge in [-0.15, -0.1) is 0 Å². The Bertz CT molecular complexity index is 805. The fourth-order valence-electron chi connectivity index (χ4n) is 3.10. The highest BCUT2D eigenvalue weighted by Gasteiger charge is 2.20. The summed E-state index contributed by atoms with van der Waals surface area (Å²) >= 11 is 18.3. The number of anilines is 2. The molecule has 0 bridgehead atoms. The summed E-state index contributed by atoms with van der Waals surface area (Å²) in [5.41, 5.74) is 2.10. The molecule has 2 aromatic rings. The van der Waals surface area contributed by atoms with E-state index in [9.17, 15) is 4.79 Å². The molecule has 0 aliphatic carbocycles. The number of halogens is 3. The number of nitrogens with one attached hydrogen (secondary N) is 2. The monoisotopic (exact) mass is 412 g/mol. The second-order valence-corrected chi connectivity index (χ2v) is 7.56. The van der Waals surface area contributed by atoms with E-state index in [1.807, 2.05) is 12.1 Å². The number of amides is 1. The normalized spacial score (nSPS) is 15.2. The first-order valence-corrected chi connectivity index (χ1v) is 9.75. The lowest BCUT2D eigenvalue weighted by molar-refractivity contribution is -0.898. The van der Waals surface area contributed by atoms with Crippen LogP contribution in [0.2, 0.25) is 15.1 Å². The third kappa shape index (κ3) is 4.44. The van der Waals surface area contributed by atoms with Crippen LogP contribution in [0.1, 0.15) is 17.3 Å². The Morgan fingerprint density at radius 3 is 2.38 bits per heavy atom. The molecule has 4 nitrogen and oxygen atoms in total. The van der Waals surface area contributed by atoms with Gasteiger partial charge in [-0.3, -0.25) is 4.79 Å². The number of rotatable bonds is 4. The molecule has 0 spiro atoms. The number of likely N-dealkylation sites (N-methyl/N-ethyl adjacent to an activating group) is 1. The van der Waals surface area contributed by atoms with Gasteiger partial charge < -0.3 is 15.1 Å². The maximum Gasteiger partial charge on any atom is 0.255 e. The number of hydrogen-bond acceptors (Lipinski definition) is 2. The molecular weight excluding hydrogens is 393 g/mol. The summed E-state index contributed by atoms with van der Waals surface area (Å²) in [6.07, 6.45) is 0. The van der Waals surface area contributed by atoms with Crippen molar-refractivity contribution >= 4 is 52.1 Å². The van der Waals surface area contributed by atoms with E-state index in [0.29, 0.717) is 26.3 Å². The minimum Gasteiger partial charge on any atom is -0.359 e. The van der Waals surface area contributed by atoms with Crippen LogP contribution in [-0.2, 0) is 0 Å². The van der Waals surface area contributed by atoms with Gasteiger partial charge in [-0.05, 0) is 43.3 Å². The van der Waals surface area contributed by atoms with Crippen LogP contribution in [0.3, 0.4) is 0 Å². The Kier molecular flexibility index (Phi) is 6.30. The molecule has 1 aliphatic heterocycles. The van der Waals surface area contributed by atoms with E-state index in [0.717, 1.165) is 38.4 Å². The van der Waals surface area contributed by atoms with Crippen molar-refractivity contribution in [1.82, 2.24) is 0 Å². The molecule has 1 amide bonds. The van der Waals surface area contributed by atoms with Gasteiger partial charge in [-0.2, -0.15) is 0 Å². The molecule has 0 radical (unpaired) electrons. The lowest BCUT2D eigenvalue weighted by Crippen LogP contribution is -3.14. The summed E-state index contributed by atoms with van der Waals surface area (Å²) in [6, 6.07) is 10.4. The Hall–Kier alpha value is -1.46. The lowest BCUT2D eigenvalue weighted by atomic mass is 10.2. The number of hydrogen-bond donors (Lipinski definition) is 2. The minimum atomic E-state index is -0.257. The first kappa shape index (κ1) is 19.3. The van der Waals surface area contributed by atoms with E-state index < -0.39 is 0 Å². The maximum atomic E-state index is 12.4. The van der Waals surface area contributed by atoms with Crippen LogP contribution in [0.25, 0.3) is 0 Å². The summed E-state index contributed by atoms with van der Waals surface area (Å²) in [7, 11) is 0. The molecule has 26 heavy (non-hydrogen) atoms. The summed E-state index contributed by atoms with van der Waals surface area (Å²) in [5.74, 6) is -0.257. The SMILES string of the molecule is CC[NH+]1CCN(c2ccc(NC(=O)c3ccc(Cl)c(Cl)c3)cc2Cl)CC1. The molecule has 2 N–H and O–H groups in total. The fourth-order valence-corrected chi connectivity index (χ4v) is 3.70. The largest absolute Gasteiger partial charge is 0.359 e. The van der Waals surface area contributed by atoms with Crippen LogP contribution < -0.4 is 15.1 Å². The highest BCUT2D eigenvalue weighted by Crippen LogP contribution is 2.29. The first-order chi connectivity index (χ1) is 12.5. The average Bonchev–Trinajstić information content (AvgIpc) is 2.64. The third-order valence-corrected chi connectivity index (χ3v) is 5.74. The zero-order chi connectivity index (χ0) is 18.7. The molecule has 0 saturated carbocycles. The predicted octanol–water partition coefficient (Wildman–Crippen LogP) is 3.62. The van der Waals surface area contributed by atoms with Crippen LogP contribution in [0, 0.1) is 0 Å². The summed E-state index contributed by atoms with van der Waals surface area (Å²) in [4.78, 5) is 16.3. The van der Waals surface area contributed by atoms with E-state index >= 15 is 0 Å². The molecule has 1 saturated heterocycles. The molecule has 0 unspecified atom stereocenters. The minimum absolute atomic E-state index is 0.257. The zero-order valence-corrected chi connectivity index (χ0v) is 16.8. The van der Waals surface area contributed by atoms with Gasteiger partial charge in [0, 0.05) is 11.3 Å². The lowest BCUT2D eigenvalue weighted by Gasteiger charge is -2.33. The standard InChI is InChI=1S/C19H20Cl3N3O/c1-2-24-7-9-25(10-8-24)18-6-4-14(12-17(18)22)23-19(26)13-3-5-15(20)16(21)11-13/h3-6,11-12H,2,7-10H2,1H3,(H,23,26)/p+1. The van der Waals surface area contributed by atoms with Gasteiger partial charge in [0.1, 0.15) is 0 Å². The molecular formula is C19H21Cl3N3O+. The van der Waals surface area contributed by atoms with Gasteiger partial charge in [-0.25, -0.2) is 0 Å². The first-order valence-electron chi connectivity index (χ1n) is 8.62. The molecule has 0 aromatic heterocycles. The van der Waals surface area contributed by atoms with Gasteiger partial charge in [0.2, 0.25) is 0 Å². The van der Waals surface area contributed by atoms with Crippen molar-refractivity contribution < 1.29 is 9.69 Å². The number of carbonyl (C=O) groups excluding carboxylic acids is 1. The Labute approximate surface area is 168 Å². The quantitative estimate of drug-likeness (QED) is 0.803. The highest BCUT2D eigenvalue weighted by molar-refractivity contribution is 6.42. The van der Waals surface area contributed by atoms with E-state index in [2.05, 4.69) is 17.1 Å². The highest BCUT2D eigenvalue weighted by atomic mass is 35.5. The third-order valence-electron chi connectivity index (χ3n) is 4.70. The average molecular weight is 414 g/mol. The van der Waals surface area contributed by atoms with Crippen LogP contribution in [-0.4, -0.2) is 38.6 Å².